The first-order valence-corrected chi connectivity index (χ1v) is 7.99. The first-order chi connectivity index (χ1) is 11.6. The van der Waals surface area contributed by atoms with Crippen molar-refractivity contribution in [1.82, 2.24) is 0 Å². The molecule has 1 aliphatic rings. The van der Waals surface area contributed by atoms with Gasteiger partial charge in [-0.05, 0) is 29.7 Å². The van der Waals surface area contributed by atoms with Crippen LogP contribution in [0.4, 0.5) is 0 Å². The molecule has 0 N–H and O–H groups in total. The van der Waals surface area contributed by atoms with E-state index >= 15 is 0 Å². The predicted octanol–water partition coefficient (Wildman–Crippen LogP) is 4.82. The molecule has 0 spiro atoms. The normalized spacial score (nSPS) is 16.3. The molecule has 0 bridgehead atoms. The number of ketones is 2. The van der Waals surface area contributed by atoms with Crippen LogP contribution in [0, 0.1) is 6.92 Å². The quantitative estimate of drug-likeness (QED) is 0.635. The Morgan fingerprint density at radius 3 is 2.04 bits per heavy atom. The monoisotopic (exact) mass is 312 g/mol. The van der Waals surface area contributed by atoms with E-state index in [1.54, 1.807) is 6.07 Å². The molecule has 3 aromatic carbocycles. The molecule has 0 aromatic heterocycles. The van der Waals surface area contributed by atoms with Crippen molar-refractivity contribution in [3.05, 3.63) is 95.1 Å². The van der Waals surface area contributed by atoms with E-state index < -0.39 is 5.92 Å². The zero-order valence-corrected chi connectivity index (χ0v) is 13.3. The number of hydrogen-bond donors (Lipinski definition) is 0. The second kappa shape index (κ2) is 5.57. The molecule has 1 atom stereocenters. The van der Waals surface area contributed by atoms with Crippen LogP contribution in [0.1, 0.15) is 37.8 Å². The molecule has 116 valence electrons. The van der Waals surface area contributed by atoms with Crippen molar-refractivity contribution in [2.24, 2.45) is 0 Å². The molecule has 2 nitrogen and oxygen atoms in total. The maximum atomic E-state index is 12.9. The molecular weight excluding hydrogens is 296 g/mol. The Labute approximate surface area is 140 Å². The molecule has 3 aromatic rings. The summed E-state index contributed by atoms with van der Waals surface area (Å²) in [5.74, 6) is -0.901. The Bertz CT molecular complexity index is 937. The second-order valence-corrected chi connectivity index (χ2v) is 6.20. The van der Waals surface area contributed by atoms with Gasteiger partial charge in [-0.1, -0.05) is 72.3 Å². The van der Waals surface area contributed by atoms with Crippen molar-refractivity contribution in [3.8, 4) is 11.1 Å². The molecule has 24 heavy (non-hydrogen) atoms. The van der Waals surface area contributed by atoms with Gasteiger partial charge in [0, 0.05) is 11.1 Å². The number of rotatable bonds is 2. The number of aryl methyl sites for hydroxylation is 1. The van der Waals surface area contributed by atoms with Gasteiger partial charge < -0.3 is 0 Å². The number of carbonyl (C=O) groups is 2. The second-order valence-electron chi connectivity index (χ2n) is 6.20. The van der Waals surface area contributed by atoms with Crippen molar-refractivity contribution in [2.75, 3.05) is 0 Å². The molecule has 0 amide bonds. The Balaban J connectivity index is 1.78. The molecule has 0 saturated carbocycles. The Morgan fingerprint density at radius 2 is 1.33 bits per heavy atom. The van der Waals surface area contributed by atoms with Crippen LogP contribution in [0.15, 0.2) is 72.8 Å². The van der Waals surface area contributed by atoms with Gasteiger partial charge in [0.1, 0.15) is 5.92 Å². The van der Waals surface area contributed by atoms with E-state index in [4.69, 9.17) is 0 Å². The summed E-state index contributed by atoms with van der Waals surface area (Å²) in [6.07, 6.45) is 0. The van der Waals surface area contributed by atoms with E-state index in [0.717, 1.165) is 22.3 Å². The van der Waals surface area contributed by atoms with E-state index in [2.05, 4.69) is 0 Å². The van der Waals surface area contributed by atoms with Crippen LogP contribution in [0.5, 0.6) is 0 Å². The van der Waals surface area contributed by atoms with Gasteiger partial charge in [0.25, 0.3) is 0 Å². The summed E-state index contributed by atoms with van der Waals surface area (Å²) in [5, 5.41) is 0. The van der Waals surface area contributed by atoms with Crippen LogP contribution in [-0.2, 0) is 0 Å². The molecule has 0 aliphatic heterocycles. The first kappa shape index (κ1) is 14.6. The van der Waals surface area contributed by atoms with Gasteiger partial charge in [-0.15, -0.1) is 0 Å². The highest BCUT2D eigenvalue weighted by Crippen LogP contribution is 2.36. The molecule has 1 aliphatic carbocycles. The number of hydrogen-bond acceptors (Lipinski definition) is 2. The van der Waals surface area contributed by atoms with Crippen molar-refractivity contribution in [2.45, 2.75) is 12.8 Å². The average molecular weight is 312 g/mol. The fourth-order valence-corrected chi connectivity index (χ4v) is 3.26. The number of carbonyl (C=O) groups excluding carboxylic acids is 2. The zero-order valence-electron chi connectivity index (χ0n) is 13.3. The maximum absolute atomic E-state index is 12.9. The third-order valence-corrected chi connectivity index (χ3v) is 4.59. The van der Waals surface area contributed by atoms with Crippen molar-refractivity contribution in [1.29, 1.82) is 0 Å². The van der Waals surface area contributed by atoms with E-state index in [1.165, 1.54) is 0 Å². The van der Waals surface area contributed by atoms with Crippen LogP contribution in [-0.4, -0.2) is 11.6 Å². The van der Waals surface area contributed by atoms with E-state index in [1.807, 2.05) is 73.7 Å². The third-order valence-electron chi connectivity index (χ3n) is 4.59. The molecule has 2 heteroatoms. The molecule has 1 unspecified atom stereocenters. The summed E-state index contributed by atoms with van der Waals surface area (Å²) in [4.78, 5) is 25.6. The summed E-state index contributed by atoms with van der Waals surface area (Å²) >= 11 is 0. The fraction of sp³-hybridized carbons (Fsp3) is 0.0909. The van der Waals surface area contributed by atoms with Gasteiger partial charge in [0.15, 0.2) is 11.6 Å². The molecule has 0 saturated heterocycles. The third kappa shape index (κ3) is 2.28. The Morgan fingerprint density at radius 1 is 0.667 bits per heavy atom. The van der Waals surface area contributed by atoms with Crippen LogP contribution >= 0.6 is 0 Å². The van der Waals surface area contributed by atoms with Crippen molar-refractivity contribution < 1.29 is 9.59 Å². The maximum Gasteiger partial charge on any atom is 0.178 e. The number of benzene rings is 3. The molecule has 0 fully saturated rings. The lowest BCUT2D eigenvalue weighted by Gasteiger charge is -2.07. The first-order valence-electron chi connectivity index (χ1n) is 7.99. The van der Waals surface area contributed by atoms with Gasteiger partial charge in [-0.25, -0.2) is 0 Å². The average Bonchev–Trinajstić information content (AvgIpc) is 2.87. The summed E-state index contributed by atoms with van der Waals surface area (Å²) in [6, 6.07) is 23.1. The van der Waals surface area contributed by atoms with Crippen molar-refractivity contribution >= 4 is 11.6 Å². The fourth-order valence-electron chi connectivity index (χ4n) is 3.26. The smallest absolute Gasteiger partial charge is 0.178 e. The highest BCUT2D eigenvalue weighted by molar-refractivity contribution is 6.30. The predicted molar refractivity (Wildman–Crippen MR) is 94.5 cm³/mol. The highest BCUT2D eigenvalue weighted by Gasteiger charge is 2.39. The molecule has 0 heterocycles. The Hall–Kier alpha value is -3.00. The minimum absolute atomic E-state index is 0.0986. The molecular formula is C22H16O2. The van der Waals surface area contributed by atoms with Gasteiger partial charge in [-0.2, -0.15) is 0 Å². The van der Waals surface area contributed by atoms with E-state index in [9.17, 15) is 9.59 Å². The van der Waals surface area contributed by atoms with Gasteiger partial charge >= 0.3 is 0 Å². The lowest BCUT2D eigenvalue weighted by molar-refractivity contribution is 0.0890. The minimum Gasteiger partial charge on any atom is -0.293 e. The molecule has 4 rings (SSSR count). The van der Waals surface area contributed by atoms with Gasteiger partial charge in [0.2, 0.25) is 0 Å². The van der Waals surface area contributed by atoms with E-state index in [-0.39, 0.29) is 11.6 Å². The summed E-state index contributed by atoms with van der Waals surface area (Å²) in [7, 11) is 0. The van der Waals surface area contributed by atoms with Gasteiger partial charge in [-0.3, -0.25) is 9.59 Å². The highest BCUT2D eigenvalue weighted by atomic mass is 16.2. The Kier molecular flexibility index (Phi) is 3.39. The topological polar surface area (TPSA) is 34.1 Å². The van der Waals surface area contributed by atoms with Crippen LogP contribution in [0.2, 0.25) is 0 Å². The van der Waals surface area contributed by atoms with E-state index in [0.29, 0.717) is 11.1 Å². The van der Waals surface area contributed by atoms with Gasteiger partial charge in [0.05, 0.1) is 0 Å². The molecule has 0 radical (unpaired) electrons. The number of Topliss-reactive ketones (excluding diaryl/α,β-unsaturated/α-hetero) is 2. The summed E-state index contributed by atoms with van der Waals surface area (Å²) < 4.78 is 0. The minimum atomic E-state index is -0.702. The summed E-state index contributed by atoms with van der Waals surface area (Å²) in [6.45, 7) is 1.99. The van der Waals surface area contributed by atoms with Crippen molar-refractivity contribution in [3.63, 3.8) is 0 Å². The zero-order chi connectivity index (χ0) is 16.7. The largest absolute Gasteiger partial charge is 0.293 e. The standard InChI is InChI=1S/C22H16O2/c1-14-7-9-16(10-8-14)20-21(23)18-12-11-17(13-19(18)22(20)24)15-5-3-2-4-6-15/h2-13,20H,1H3. The lowest BCUT2D eigenvalue weighted by atomic mass is 9.93. The van der Waals surface area contributed by atoms with Crippen LogP contribution in [0.25, 0.3) is 11.1 Å². The lowest BCUT2D eigenvalue weighted by Crippen LogP contribution is -2.12. The SMILES string of the molecule is Cc1ccc(C2C(=O)c3ccc(-c4ccccc4)cc3C2=O)cc1. The van der Waals surface area contributed by atoms with Crippen LogP contribution < -0.4 is 0 Å². The number of fused-ring (bicyclic) bond motifs is 1. The van der Waals surface area contributed by atoms with Crippen LogP contribution in [0.3, 0.4) is 0 Å². The summed E-state index contributed by atoms with van der Waals surface area (Å²) in [5.41, 5.74) is 4.95.